The molecular weight excluding hydrogens is 482 g/mol. The smallest absolute Gasteiger partial charge is 0.248 e. The van der Waals surface area contributed by atoms with Gasteiger partial charge in [0, 0.05) is 73.2 Å². The maximum absolute atomic E-state index is 13.3. The molecule has 3 aromatic rings. The highest BCUT2D eigenvalue weighted by molar-refractivity contribution is 6.14. The number of hydrogen-bond donors (Lipinski definition) is 1. The van der Waals surface area contributed by atoms with Crippen LogP contribution in [0.15, 0.2) is 48.9 Å². The molecule has 38 heavy (non-hydrogen) atoms. The van der Waals surface area contributed by atoms with Gasteiger partial charge in [-0.2, -0.15) is 5.26 Å². The van der Waals surface area contributed by atoms with Crippen LogP contribution in [-0.2, 0) is 11.3 Å². The molecule has 0 saturated carbocycles. The van der Waals surface area contributed by atoms with E-state index in [1.54, 1.807) is 29.6 Å². The summed E-state index contributed by atoms with van der Waals surface area (Å²) in [6, 6.07) is 11.5. The van der Waals surface area contributed by atoms with Crippen molar-refractivity contribution in [2.75, 3.05) is 36.0 Å². The first-order valence-corrected chi connectivity index (χ1v) is 12.5. The predicted molar refractivity (Wildman–Crippen MR) is 141 cm³/mol. The van der Waals surface area contributed by atoms with E-state index >= 15 is 0 Å². The summed E-state index contributed by atoms with van der Waals surface area (Å²) >= 11 is 0. The Labute approximate surface area is 221 Å². The summed E-state index contributed by atoms with van der Waals surface area (Å²) in [5.41, 5.74) is 3.46. The molecule has 1 saturated heterocycles. The second-order valence-corrected chi connectivity index (χ2v) is 10.1. The van der Waals surface area contributed by atoms with E-state index in [9.17, 15) is 20.0 Å². The third kappa shape index (κ3) is 4.35. The van der Waals surface area contributed by atoms with E-state index in [0.29, 0.717) is 43.4 Å². The van der Waals surface area contributed by atoms with Crippen LogP contribution in [0.4, 0.5) is 11.6 Å². The van der Waals surface area contributed by atoms with Crippen molar-refractivity contribution >= 4 is 23.3 Å². The summed E-state index contributed by atoms with van der Waals surface area (Å²) in [5.74, 6) is 0.338. The van der Waals surface area contributed by atoms with Crippen molar-refractivity contribution in [3.8, 4) is 17.2 Å². The van der Waals surface area contributed by atoms with Crippen LogP contribution in [0.3, 0.4) is 0 Å². The minimum Gasteiger partial charge on any atom is -0.387 e. The van der Waals surface area contributed by atoms with E-state index in [4.69, 9.17) is 0 Å². The number of Topliss-reactive ketones (excluding diaryl/α,β-unsaturated/α-hetero) is 1. The summed E-state index contributed by atoms with van der Waals surface area (Å²) in [5, 5.41) is 18.7. The molecule has 4 heterocycles. The Morgan fingerprint density at radius 3 is 2.61 bits per heavy atom. The molecule has 2 aliphatic heterocycles. The number of piperazine rings is 1. The fourth-order valence-electron chi connectivity index (χ4n) is 5.23. The molecule has 2 aromatic heterocycles. The van der Waals surface area contributed by atoms with Gasteiger partial charge in [0.15, 0.2) is 5.78 Å². The van der Waals surface area contributed by atoms with Gasteiger partial charge in [-0.15, -0.1) is 0 Å². The van der Waals surface area contributed by atoms with Gasteiger partial charge in [-0.1, -0.05) is 12.1 Å². The lowest BCUT2D eigenvalue weighted by Crippen LogP contribution is -2.55. The molecule has 1 N–H and O–H groups in total. The number of carbonyl (C=O) groups excluding carboxylic acids is 2. The van der Waals surface area contributed by atoms with Crippen molar-refractivity contribution in [3.05, 3.63) is 65.7 Å². The Hall–Kier alpha value is -4.36. The number of pyridine rings is 1. The highest BCUT2D eigenvalue weighted by atomic mass is 16.3. The molecule has 5 rings (SSSR count). The fraction of sp³-hybridized carbons (Fsp3) is 0.357. The molecule has 0 bridgehead atoms. The molecule has 194 valence electrons. The van der Waals surface area contributed by atoms with E-state index in [1.165, 1.54) is 0 Å². The fourth-order valence-corrected chi connectivity index (χ4v) is 5.23. The number of nitrogens with zero attached hydrogens (tertiary/aromatic N) is 7. The van der Waals surface area contributed by atoms with Crippen LogP contribution < -0.4 is 9.80 Å². The molecule has 2 aliphatic rings. The number of ketones is 1. The number of rotatable bonds is 5. The third-order valence-corrected chi connectivity index (χ3v) is 7.43. The molecule has 1 atom stereocenters. The van der Waals surface area contributed by atoms with Crippen molar-refractivity contribution < 1.29 is 14.7 Å². The molecule has 1 aromatic carbocycles. The Bertz CT molecular complexity index is 1430. The lowest BCUT2D eigenvalue weighted by atomic mass is 9.96. The quantitative estimate of drug-likeness (QED) is 0.549. The van der Waals surface area contributed by atoms with Crippen LogP contribution in [0.2, 0.25) is 0 Å². The maximum atomic E-state index is 13.3. The molecule has 0 unspecified atom stereocenters. The van der Waals surface area contributed by atoms with Gasteiger partial charge in [-0.05, 0) is 44.5 Å². The molecule has 0 spiro atoms. The zero-order valence-corrected chi connectivity index (χ0v) is 21.6. The molecule has 1 fully saturated rings. The maximum Gasteiger partial charge on any atom is 0.248 e. The van der Waals surface area contributed by atoms with Crippen LogP contribution in [0.5, 0.6) is 0 Å². The standard InChI is InChI=1S/C28H29N7O3/c1-18-15-33(9-10-34(18)25(37)17-36)27-31-13-21(14-32-27)19-6-7-22-24(11-19)35(28(2,3)26(22)38)16-20-5-4-8-30-23(20)12-29/h4-8,11,13-14,18,36H,9-10,15-17H2,1-3H3/t18-/m1/s1. The molecular formula is C28H29N7O3. The number of aromatic nitrogens is 3. The number of anilines is 2. The van der Waals surface area contributed by atoms with E-state index in [-0.39, 0.29) is 17.7 Å². The van der Waals surface area contributed by atoms with Crippen molar-refractivity contribution in [2.24, 2.45) is 0 Å². The number of aliphatic hydroxyl groups is 1. The molecule has 10 heteroatoms. The van der Waals surface area contributed by atoms with E-state index in [2.05, 4.69) is 21.0 Å². The van der Waals surface area contributed by atoms with Crippen LogP contribution in [0.1, 0.15) is 42.4 Å². The number of nitriles is 1. The van der Waals surface area contributed by atoms with E-state index in [0.717, 1.165) is 22.4 Å². The summed E-state index contributed by atoms with van der Waals surface area (Å²) in [6.07, 6.45) is 5.12. The molecule has 10 nitrogen and oxygen atoms in total. The van der Waals surface area contributed by atoms with Crippen molar-refractivity contribution in [3.63, 3.8) is 0 Å². The zero-order valence-electron chi connectivity index (χ0n) is 21.6. The van der Waals surface area contributed by atoms with Gasteiger partial charge >= 0.3 is 0 Å². The monoisotopic (exact) mass is 511 g/mol. The van der Waals surface area contributed by atoms with Gasteiger partial charge in [0.05, 0.1) is 5.54 Å². The van der Waals surface area contributed by atoms with Crippen LogP contribution in [0.25, 0.3) is 11.1 Å². The van der Waals surface area contributed by atoms with Crippen LogP contribution in [-0.4, -0.2) is 74.5 Å². The van der Waals surface area contributed by atoms with Gasteiger partial charge in [0.1, 0.15) is 18.4 Å². The summed E-state index contributed by atoms with van der Waals surface area (Å²) < 4.78 is 0. The number of carbonyl (C=O) groups is 2. The first kappa shape index (κ1) is 25.3. The molecule has 0 aliphatic carbocycles. The Kier molecular flexibility index (Phi) is 6.55. The Balaban J connectivity index is 1.40. The number of fused-ring (bicyclic) bond motifs is 1. The van der Waals surface area contributed by atoms with Gasteiger partial charge in [0.2, 0.25) is 11.9 Å². The number of benzene rings is 1. The lowest BCUT2D eigenvalue weighted by molar-refractivity contribution is -0.136. The first-order valence-electron chi connectivity index (χ1n) is 12.5. The largest absolute Gasteiger partial charge is 0.387 e. The Morgan fingerprint density at radius 2 is 1.92 bits per heavy atom. The summed E-state index contributed by atoms with van der Waals surface area (Å²) in [6.45, 7) is 7.28. The predicted octanol–water partition coefficient (Wildman–Crippen LogP) is 2.42. The SMILES string of the molecule is C[C@@H]1CN(c2ncc(-c3ccc4c(c3)N(Cc3cccnc3C#N)C(C)(C)C4=O)cn2)CCN1C(=O)CO. The normalized spacial score (nSPS) is 18.3. The van der Waals surface area contributed by atoms with Gasteiger partial charge in [-0.3, -0.25) is 9.59 Å². The van der Waals surface area contributed by atoms with E-state index < -0.39 is 12.1 Å². The number of hydrogen-bond acceptors (Lipinski definition) is 9. The first-order chi connectivity index (χ1) is 18.2. The highest BCUT2D eigenvalue weighted by Crippen LogP contribution is 2.42. The number of amides is 1. The van der Waals surface area contributed by atoms with Gasteiger partial charge in [-0.25, -0.2) is 15.0 Å². The van der Waals surface area contributed by atoms with Gasteiger partial charge < -0.3 is 19.8 Å². The zero-order chi connectivity index (χ0) is 27.0. The third-order valence-electron chi connectivity index (χ3n) is 7.43. The van der Waals surface area contributed by atoms with Crippen molar-refractivity contribution in [2.45, 2.75) is 38.9 Å². The lowest BCUT2D eigenvalue weighted by Gasteiger charge is -2.39. The van der Waals surface area contributed by atoms with Crippen molar-refractivity contribution in [1.82, 2.24) is 19.9 Å². The highest BCUT2D eigenvalue weighted by Gasteiger charge is 2.44. The van der Waals surface area contributed by atoms with Crippen molar-refractivity contribution in [1.29, 1.82) is 5.26 Å². The summed E-state index contributed by atoms with van der Waals surface area (Å²) in [4.78, 5) is 44.2. The second kappa shape index (κ2) is 9.84. The molecule has 0 radical (unpaired) electrons. The average molecular weight is 512 g/mol. The van der Waals surface area contributed by atoms with Crippen LogP contribution in [0, 0.1) is 11.3 Å². The molecule has 1 amide bonds. The van der Waals surface area contributed by atoms with Gasteiger partial charge in [0.25, 0.3) is 0 Å². The average Bonchev–Trinajstić information content (AvgIpc) is 3.12. The van der Waals surface area contributed by atoms with Crippen LogP contribution >= 0.6 is 0 Å². The van der Waals surface area contributed by atoms with E-state index in [1.807, 2.05) is 54.8 Å². The topological polar surface area (TPSA) is 127 Å². The number of aliphatic hydroxyl groups excluding tert-OH is 1. The minimum atomic E-state index is -0.778. The minimum absolute atomic E-state index is 0.0287. The summed E-state index contributed by atoms with van der Waals surface area (Å²) in [7, 11) is 0. The Morgan fingerprint density at radius 1 is 1.16 bits per heavy atom. The second-order valence-electron chi connectivity index (χ2n) is 10.1.